The SMILES string of the molecule is COc1nc(OC)nc(O[C@@H]2O[C@H](CO)[C@@H](O[C@@H]3O[C@H](CO)[C@H](O)[C@H](O)[C@H]3O)[C@H](O[C@@H]3O[C@@H](C)[C@@H](O)[C@@H](O)[C@@H]3O)[C@H]2O)n1. The Kier molecular flexibility index (Phi) is 11.2. The molecule has 20 nitrogen and oxygen atoms in total. The summed E-state index contributed by atoms with van der Waals surface area (Å²) in [5.41, 5.74) is 0. The van der Waals surface area contributed by atoms with Gasteiger partial charge in [0.05, 0.1) is 33.5 Å². The second-order valence-corrected chi connectivity index (χ2v) is 10.0. The third-order valence-corrected chi connectivity index (χ3v) is 7.19. The molecule has 0 unspecified atom stereocenters. The number of nitrogens with zero attached hydrogens (tertiary/aromatic N) is 3. The lowest BCUT2D eigenvalue weighted by Gasteiger charge is -2.48. The molecule has 9 N–H and O–H groups in total. The Labute approximate surface area is 243 Å². The summed E-state index contributed by atoms with van der Waals surface area (Å²) in [6, 6.07) is -0.886. The molecule has 0 aliphatic carbocycles. The molecular formula is C23H37N3O17. The number of aliphatic hydroxyl groups is 9. The highest BCUT2D eigenvalue weighted by molar-refractivity contribution is 5.09. The van der Waals surface area contributed by atoms with Crippen molar-refractivity contribution in [3.8, 4) is 18.0 Å². The summed E-state index contributed by atoms with van der Waals surface area (Å²) in [6.07, 6.45) is -24.7. The molecule has 3 saturated heterocycles. The summed E-state index contributed by atoms with van der Waals surface area (Å²) in [5.74, 6) is 0. The fourth-order valence-corrected chi connectivity index (χ4v) is 4.73. The van der Waals surface area contributed by atoms with Gasteiger partial charge < -0.3 is 83.9 Å². The van der Waals surface area contributed by atoms with Gasteiger partial charge in [-0.25, -0.2) is 0 Å². The zero-order valence-electron chi connectivity index (χ0n) is 23.2. The number of rotatable bonds is 10. The van der Waals surface area contributed by atoms with E-state index in [1.807, 2.05) is 0 Å². The molecule has 1 aromatic heterocycles. The third kappa shape index (κ3) is 7.07. The number of hydrogen-bond donors (Lipinski definition) is 9. The summed E-state index contributed by atoms with van der Waals surface area (Å²) in [5, 5.41) is 92.9. The molecule has 3 aliphatic heterocycles. The van der Waals surface area contributed by atoms with Crippen LogP contribution in [0, 0.1) is 0 Å². The second kappa shape index (κ2) is 14.3. The lowest BCUT2D eigenvalue weighted by atomic mass is 9.96. The highest BCUT2D eigenvalue weighted by atomic mass is 16.8. The molecule has 15 atom stereocenters. The van der Waals surface area contributed by atoms with E-state index < -0.39 is 111 Å². The van der Waals surface area contributed by atoms with Crippen molar-refractivity contribution in [3.05, 3.63) is 0 Å². The maximum absolute atomic E-state index is 11.4. The lowest BCUT2D eigenvalue weighted by molar-refractivity contribution is -0.380. The van der Waals surface area contributed by atoms with Gasteiger partial charge in [-0.2, -0.15) is 0 Å². The Morgan fingerprint density at radius 1 is 0.558 bits per heavy atom. The van der Waals surface area contributed by atoms with Gasteiger partial charge in [0.25, 0.3) is 0 Å². The monoisotopic (exact) mass is 627 g/mol. The first-order chi connectivity index (χ1) is 20.4. The van der Waals surface area contributed by atoms with Crippen molar-refractivity contribution in [1.29, 1.82) is 0 Å². The molecule has 3 aliphatic rings. The summed E-state index contributed by atoms with van der Waals surface area (Å²) < 4.78 is 43.8. The van der Waals surface area contributed by atoms with Crippen LogP contribution in [0.1, 0.15) is 6.92 Å². The van der Waals surface area contributed by atoms with Crippen LogP contribution in [0.4, 0.5) is 0 Å². The van der Waals surface area contributed by atoms with Crippen LogP contribution in [-0.2, 0) is 23.7 Å². The van der Waals surface area contributed by atoms with Gasteiger partial charge in [-0.3, -0.25) is 0 Å². The van der Waals surface area contributed by atoms with Crippen LogP contribution in [-0.4, -0.2) is 180 Å². The van der Waals surface area contributed by atoms with E-state index in [1.54, 1.807) is 0 Å². The van der Waals surface area contributed by atoms with E-state index in [-0.39, 0.29) is 12.0 Å². The van der Waals surface area contributed by atoms with Gasteiger partial charge in [0.2, 0.25) is 6.29 Å². The van der Waals surface area contributed by atoms with Crippen molar-refractivity contribution < 1.29 is 83.9 Å². The molecule has 43 heavy (non-hydrogen) atoms. The predicted octanol–water partition coefficient (Wildman–Crippen LogP) is -6.26. The van der Waals surface area contributed by atoms with Gasteiger partial charge in [-0.15, -0.1) is 15.0 Å². The number of aliphatic hydroxyl groups excluding tert-OH is 9. The van der Waals surface area contributed by atoms with E-state index in [4.69, 9.17) is 37.9 Å². The van der Waals surface area contributed by atoms with Crippen LogP contribution in [0.25, 0.3) is 0 Å². The molecule has 0 bridgehead atoms. The van der Waals surface area contributed by atoms with Crippen LogP contribution in [0.3, 0.4) is 0 Å². The largest absolute Gasteiger partial charge is 0.467 e. The molecule has 4 heterocycles. The van der Waals surface area contributed by atoms with E-state index in [2.05, 4.69) is 15.0 Å². The first-order valence-corrected chi connectivity index (χ1v) is 13.2. The Morgan fingerprint density at radius 2 is 1.05 bits per heavy atom. The second-order valence-electron chi connectivity index (χ2n) is 10.0. The summed E-state index contributed by atoms with van der Waals surface area (Å²) in [4.78, 5) is 11.6. The zero-order chi connectivity index (χ0) is 31.6. The van der Waals surface area contributed by atoms with Crippen LogP contribution >= 0.6 is 0 Å². The fraction of sp³-hybridized carbons (Fsp3) is 0.870. The molecule has 4 rings (SSSR count). The standard InChI is InChI=1S/C23H37N3O17/c1-6-9(29)11(31)13(33)18(38-6)42-17-15(35)20(43-23-25-21(36-2)24-22(26-23)37-3)40-8(5-28)16(17)41-19-14(34)12(32)10(30)7(4-27)39-19/h6-20,27-35H,4-5H2,1-3H3/t6-,7+,8+,9+,10-,11+,12-,13-,14+,15+,16+,17+,18-,19-,20-/m0/s1. The number of methoxy groups -OCH3 is 2. The van der Waals surface area contributed by atoms with Crippen LogP contribution in [0.2, 0.25) is 0 Å². The van der Waals surface area contributed by atoms with Gasteiger partial charge >= 0.3 is 18.0 Å². The van der Waals surface area contributed by atoms with Crippen molar-refractivity contribution in [3.63, 3.8) is 0 Å². The maximum Gasteiger partial charge on any atom is 0.328 e. The normalized spacial score (nSPS) is 43.7. The van der Waals surface area contributed by atoms with Gasteiger partial charge in [0, 0.05) is 0 Å². The van der Waals surface area contributed by atoms with Gasteiger partial charge in [-0.1, -0.05) is 0 Å². The molecule has 20 heteroatoms. The molecule has 246 valence electrons. The minimum atomic E-state index is -1.89. The Balaban J connectivity index is 1.65. The summed E-state index contributed by atoms with van der Waals surface area (Å²) in [7, 11) is 2.53. The van der Waals surface area contributed by atoms with E-state index in [9.17, 15) is 46.0 Å². The Bertz CT molecular complexity index is 1020. The van der Waals surface area contributed by atoms with E-state index in [0.29, 0.717) is 0 Å². The molecule has 1 aromatic rings. The third-order valence-electron chi connectivity index (χ3n) is 7.19. The topological polar surface area (TPSA) is 295 Å². The van der Waals surface area contributed by atoms with Crippen molar-refractivity contribution in [1.82, 2.24) is 15.0 Å². The van der Waals surface area contributed by atoms with Crippen molar-refractivity contribution in [2.45, 2.75) is 99.0 Å². The van der Waals surface area contributed by atoms with E-state index >= 15 is 0 Å². The number of aromatic nitrogens is 3. The predicted molar refractivity (Wildman–Crippen MR) is 131 cm³/mol. The average molecular weight is 628 g/mol. The maximum atomic E-state index is 11.4. The van der Waals surface area contributed by atoms with Crippen molar-refractivity contribution in [2.75, 3.05) is 27.4 Å². The molecule has 0 saturated carbocycles. The Morgan fingerprint density at radius 3 is 1.60 bits per heavy atom. The first kappa shape index (κ1) is 33.7. The Hall–Kier alpha value is -2.15. The number of hydrogen-bond acceptors (Lipinski definition) is 20. The fourth-order valence-electron chi connectivity index (χ4n) is 4.73. The van der Waals surface area contributed by atoms with Crippen LogP contribution in [0.15, 0.2) is 0 Å². The molecule has 3 fully saturated rings. The number of ether oxygens (including phenoxy) is 8. The molecule has 0 aromatic carbocycles. The highest BCUT2D eigenvalue weighted by Gasteiger charge is 2.54. The smallest absolute Gasteiger partial charge is 0.328 e. The average Bonchev–Trinajstić information content (AvgIpc) is 3.01. The molecule has 0 spiro atoms. The van der Waals surface area contributed by atoms with Crippen LogP contribution < -0.4 is 14.2 Å². The van der Waals surface area contributed by atoms with E-state index in [1.165, 1.54) is 21.1 Å². The lowest BCUT2D eigenvalue weighted by Crippen LogP contribution is -2.67. The van der Waals surface area contributed by atoms with Crippen LogP contribution in [0.5, 0.6) is 18.0 Å². The molecule has 0 amide bonds. The minimum Gasteiger partial charge on any atom is -0.467 e. The summed E-state index contributed by atoms with van der Waals surface area (Å²) >= 11 is 0. The molecule has 0 radical (unpaired) electrons. The minimum absolute atomic E-state index is 0.220. The molecular weight excluding hydrogens is 590 g/mol. The first-order valence-electron chi connectivity index (χ1n) is 13.2. The van der Waals surface area contributed by atoms with Gasteiger partial charge in [0.1, 0.15) is 67.1 Å². The van der Waals surface area contributed by atoms with Crippen molar-refractivity contribution in [2.24, 2.45) is 0 Å². The van der Waals surface area contributed by atoms with Gasteiger partial charge in [-0.05, 0) is 6.92 Å². The highest BCUT2D eigenvalue weighted by Crippen LogP contribution is 2.34. The van der Waals surface area contributed by atoms with Crippen molar-refractivity contribution >= 4 is 0 Å². The quantitative estimate of drug-likeness (QED) is 0.116. The summed E-state index contributed by atoms with van der Waals surface area (Å²) in [6.45, 7) is -0.209. The van der Waals surface area contributed by atoms with Gasteiger partial charge in [0.15, 0.2) is 12.6 Å². The zero-order valence-corrected chi connectivity index (χ0v) is 23.2. The van der Waals surface area contributed by atoms with E-state index in [0.717, 1.165) is 0 Å².